The lowest BCUT2D eigenvalue weighted by molar-refractivity contribution is 0.0582. The average Bonchev–Trinajstić information content (AvgIpc) is 3.11. The number of para-hydroxylation sites is 1. The molecular weight excluding hydrogens is 376 g/mol. The molecule has 1 heterocycles. The number of hydrogen-bond donors (Lipinski definition) is 2. The Morgan fingerprint density at radius 2 is 2.03 bits per heavy atom. The highest BCUT2D eigenvalue weighted by atomic mass is 19.1. The van der Waals surface area contributed by atoms with Crippen molar-refractivity contribution in [3.63, 3.8) is 0 Å². The molecule has 1 saturated heterocycles. The number of nitrogens with zero attached hydrogens (tertiary/aromatic N) is 3. The Hall–Kier alpha value is -1.93. The summed E-state index contributed by atoms with van der Waals surface area (Å²) in [5, 5.41) is 6.66. The Labute approximate surface area is 173 Å². The van der Waals surface area contributed by atoms with Gasteiger partial charge in [0.15, 0.2) is 5.96 Å². The number of benzene rings is 1. The topological polar surface area (TPSA) is 52.1 Å². The summed E-state index contributed by atoms with van der Waals surface area (Å²) in [6.45, 7) is 8.02. The number of aliphatic imine (C=N–C) groups is 1. The molecule has 1 aromatic rings. The normalized spacial score (nSPS) is 18.4. The van der Waals surface area contributed by atoms with Crippen molar-refractivity contribution in [2.75, 3.05) is 58.3 Å². The van der Waals surface area contributed by atoms with Crippen LogP contribution in [0.3, 0.4) is 0 Å². The van der Waals surface area contributed by atoms with E-state index < -0.39 is 11.6 Å². The van der Waals surface area contributed by atoms with Gasteiger partial charge in [-0.2, -0.15) is 0 Å². The molecule has 164 valence electrons. The van der Waals surface area contributed by atoms with Gasteiger partial charge in [-0.05, 0) is 52.9 Å². The summed E-state index contributed by atoms with van der Waals surface area (Å²) in [5.41, 5.74) is 0.0545. The molecule has 0 spiro atoms. The zero-order valence-electron chi connectivity index (χ0n) is 18.0. The zero-order chi connectivity index (χ0) is 21.2. The van der Waals surface area contributed by atoms with Crippen LogP contribution in [0.15, 0.2) is 23.2 Å². The molecule has 8 heteroatoms. The quantitative estimate of drug-likeness (QED) is 0.458. The van der Waals surface area contributed by atoms with E-state index in [0.717, 1.165) is 25.9 Å². The van der Waals surface area contributed by atoms with E-state index in [-0.39, 0.29) is 17.8 Å². The number of guanidine groups is 1. The Bertz CT molecular complexity index is 636. The molecule has 2 N–H and O–H groups in total. The summed E-state index contributed by atoms with van der Waals surface area (Å²) in [4.78, 5) is 8.58. The lowest BCUT2D eigenvalue weighted by Crippen LogP contribution is -2.45. The first-order valence-electron chi connectivity index (χ1n) is 10.4. The first-order chi connectivity index (χ1) is 13.9. The van der Waals surface area contributed by atoms with Gasteiger partial charge in [-0.3, -0.25) is 4.99 Å². The third-order valence-electron chi connectivity index (χ3n) is 4.88. The van der Waals surface area contributed by atoms with Crippen LogP contribution >= 0.6 is 0 Å². The Balaban J connectivity index is 1.96. The van der Waals surface area contributed by atoms with Crippen LogP contribution in [-0.2, 0) is 4.74 Å². The van der Waals surface area contributed by atoms with E-state index in [1.165, 1.54) is 18.2 Å². The monoisotopic (exact) mass is 411 g/mol. The maximum Gasteiger partial charge on any atom is 0.191 e. The fraction of sp³-hybridized carbons (Fsp3) is 0.667. The van der Waals surface area contributed by atoms with Crippen molar-refractivity contribution in [1.29, 1.82) is 0 Å². The standard InChI is InChI=1S/C21H35F2N5O/c1-5-24-21(25-14-17(29-6-2)11-12-27(3)4)26-16-10-13-28(15-16)20-18(22)8-7-9-19(20)23/h7-9,16-17H,5-6,10-15H2,1-4H3,(H2,24,25,26). The van der Waals surface area contributed by atoms with Crippen molar-refractivity contribution in [2.45, 2.75) is 38.8 Å². The minimum absolute atomic E-state index is 0.0545. The van der Waals surface area contributed by atoms with Crippen LogP contribution in [0.1, 0.15) is 26.7 Å². The van der Waals surface area contributed by atoms with Crippen molar-refractivity contribution in [1.82, 2.24) is 15.5 Å². The second kappa shape index (κ2) is 11.9. The van der Waals surface area contributed by atoms with E-state index in [1.807, 2.05) is 27.9 Å². The minimum Gasteiger partial charge on any atom is -0.377 e. The average molecular weight is 412 g/mol. The minimum atomic E-state index is -0.522. The molecule has 2 unspecified atom stereocenters. The van der Waals surface area contributed by atoms with Crippen molar-refractivity contribution in [2.24, 2.45) is 4.99 Å². The second-order valence-corrected chi connectivity index (χ2v) is 7.54. The van der Waals surface area contributed by atoms with Crippen LogP contribution in [0.4, 0.5) is 14.5 Å². The van der Waals surface area contributed by atoms with Crippen molar-refractivity contribution in [3.05, 3.63) is 29.8 Å². The van der Waals surface area contributed by atoms with Crippen molar-refractivity contribution < 1.29 is 13.5 Å². The van der Waals surface area contributed by atoms with Gasteiger partial charge in [0.2, 0.25) is 0 Å². The first kappa shape index (κ1) is 23.3. The van der Waals surface area contributed by atoms with Crippen molar-refractivity contribution >= 4 is 11.6 Å². The van der Waals surface area contributed by atoms with E-state index in [2.05, 4.69) is 15.5 Å². The highest BCUT2D eigenvalue weighted by Gasteiger charge is 2.27. The molecule has 0 aromatic heterocycles. The lowest BCUT2D eigenvalue weighted by Gasteiger charge is -2.22. The van der Waals surface area contributed by atoms with Gasteiger partial charge in [-0.25, -0.2) is 8.78 Å². The summed E-state index contributed by atoms with van der Waals surface area (Å²) in [5.74, 6) is -0.332. The summed E-state index contributed by atoms with van der Waals surface area (Å²) < 4.78 is 33.9. The molecule has 29 heavy (non-hydrogen) atoms. The SMILES string of the molecule is CCNC(=NCC(CCN(C)C)OCC)NC1CCN(c2c(F)cccc2F)C1. The van der Waals surface area contributed by atoms with E-state index in [4.69, 9.17) is 9.73 Å². The molecule has 0 bridgehead atoms. The molecule has 2 rings (SSSR count). The molecule has 1 aromatic carbocycles. The Morgan fingerprint density at radius 1 is 1.31 bits per heavy atom. The summed E-state index contributed by atoms with van der Waals surface area (Å²) in [7, 11) is 4.09. The highest BCUT2D eigenvalue weighted by Crippen LogP contribution is 2.26. The smallest absolute Gasteiger partial charge is 0.191 e. The van der Waals surface area contributed by atoms with Crippen LogP contribution < -0.4 is 15.5 Å². The maximum absolute atomic E-state index is 14.1. The van der Waals surface area contributed by atoms with Gasteiger partial charge in [-0.15, -0.1) is 0 Å². The van der Waals surface area contributed by atoms with Crippen LogP contribution in [0.2, 0.25) is 0 Å². The van der Waals surface area contributed by atoms with E-state index in [9.17, 15) is 8.78 Å². The van der Waals surface area contributed by atoms with Crippen molar-refractivity contribution in [3.8, 4) is 0 Å². The Morgan fingerprint density at radius 3 is 2.66 bits per heavy atom. The van der Waals surface area contributed by atoms with Crippen LogP contribution in [0, 0.1) is 11.6 Å². The van der Waals surface area contributed by atoms with Crippen LogP contribution in [0.25, 0.3) is 0 Å². The molecule has 0 amide bonds. The van der Waals surface area contributed by atoms with Crippen LogP contribution in [0.5, 0.6) is 0 Å². The van der Waals surface area contributed by atoms with E-state index in [0.29, 0.717) is 32.2 Å². The fourth-order valence-electron chi connectivity index (χ4n) is 3.44. The highest BCUT2D eigenvalue weighted by molar-refractivity contribution is 5.80. The second-order valence-electron chi connectivity index (χ2n) is 7.54. The maximum atomic E-state index is 14.1. The molecule has 1 aliphatic heterocycles. The van der Waals surface area contributed by atoms with E-state index >= 15 is 0 Å². The van der Waals surface area contributed by atoms with E-state index in [1.54, 1.807) is 4.90 Å². The molecule has 0 radical (unpaired) electrons. The summed E-state index contributed by atoms with van der Waals surface area (Å²) in [6, 6.07) is 4.05. The Kier molecular flexibility index (Phi) is 9.60. The fourth-order valence-corrected chi connectivity index (χ4v) is 3.44. The largest absolute Gasteiger partial charge is 0.377 e. The van der Waals surface area contributed by atoms with Gasteiger partial charge in [0.25, 0.3) is 0 Å². The first-order valence-corrected chi connectivity index (χ1v) is 10.4. The predicted octanol–water partition coefficient (Wildman–Crippen LogP) is 2.46. The third kappa shape index (κ3) is 7.44. The molecule has 1 fully saturated rings. The van der Waals surface area contributed by atoms with Gasteiger partial charge in [0.05, 0.1) is 12.6 Å². The molecule has 2 atom stereocenters. The van der Waals surface area contributed by atoms with Gasteiger partial charge in [-0.1, -0.05) is 6.07 Å². The van der Waals surface area contributed by atoms with Gasteiger partial charge in [0, 0.05) is 38.8 Å². The number of nitrogens with one attached hydrogen (secondary N) is 2. The van der Waals surface area contributed by atoms with Gasteiger partial charge < -0.3 is 25.2 Å². The molecular formula is C21H35F2N5O. The zero-order valence-corrected chi connectivity index (χ0v) is 18.0. The number of anilines is 1. The lowest BCUT2D eigenvalue weighted by atomic mass is 10.2. The predicted molar refractivity (Wildman–Crippen MR) is 115 cm³/mol. The number of rotatable bonds is 10. The summed E-state index contributed by atoms with van der Waals surface area (Å²) in [6.07, 6.45) is 1.76. The van der Waals surface area contributed by atoms with Gasteiger partial charge >= 0.3 is 0 Å². The third-order valence-corrected chi connectivity index (χ3v) is 4.88. The molecule has 6 nitrogen and oxygen atoms in total. The number of halogens is 2. The molecule has 1 aliphatic rings. The molecule has 0 saturated carbocycles. The van der Waals surface area contributed by atoms with Crippen LogP contribution in [-0.4, -0.2) is 76.4 Å². The number of hydrogen-bond acceptors (Lipinski definition) is 4. The summed E-state index contributed by atoms with van der Waals surface area (Å²) >= 11 is 0. The molecule has 0 aliphatic carbocycles. The van der Waals surface area contributed by atoms with Gasteiger partial charge in [0.1, 0.15) is 17.3 Å². The number of ether oxygens (including phenoxy) is 1.